The lowest BCUT2D eigenvalue weighted by Crippen LogP contribution is -2.26. The van der Waals surface area contributed by atoms with E-state index in [2.05, 4.69) is 19.9 Å². The zero-order valence-electron chi connectivity index (χ0n) is 21.9. The first-order valence-corrected chi connectivity index (χ1v) is 11.5. The number of rotatable bonds is 5. The third-order valence-corrected chi connectivity index (χ3v) is 5.64. The summed E-state index contributed by atoms with van der Waals surface area (Å²) in [5, 5.41) is 9.74. The van der Waals surface area contributed by atoms with Gasteiger partial charge >= 0.3 is 0 Å². The first kappa shape index (κ1) is 23.0. The molecule has 0 spiro atoms. The van der Waals surface area contributed by atoms with Crippen LogP contribution in [0.3, 0.4) is 0 Å². The van der Waals surface area contributed by atoms with Crippen molar-refractivity contribution in [1.29, 1.82) is 0 Å². The second-order valence-electron chi connectivity index (χ2n) is 8.55. The fourth-order valence-electron chi connectivity index (χ4n) is 3.50. The van der Waals surface area contributed by atoms with E-state index in [1.165, 1.54) is 32.3 Å². The molecule has 0 bridgehead atoms. The van der Waals surface area contributed by atoms with Gasteiger partial charge in [-0.3, -0.25) is 14.8 Å². The van der Waals surface area contributed by atoms with Crippen LogP contribution in [-0.4, -0.2) is 42.8 Å². The Kier molecular flexibility index (Phi) is 6.02. The molecule has 4 aromatic heterocycles. The van der Waals surface area contributed by atoms with Crippen molar-refractivity contribution in [2.45, 2.75) is 26.0 Å². The number of pyridine rings is 3. The number of aromatic nitrogens is 5. The van der Waals surface area contributed by atoms with Gasteiger partial charge in [-0.1, -0.05) is 11.6 Å². The molecule has 0 amide bonds. The molecule has 0 aromatic carbocycles. The minimum Gasteiger partial charge on any atom is -0.486 e. The summed E-state index contributed by atoms with van der Waals surface area (Å²) in [7, 11) is 0. The van der Waals surface area contributed by atoms with Crippen molar-refractivity contribution in [3.63, 3.8) is 0 Å². The van der Waals surface area contributed by atoms with Crippen LogP contribution in [0, 0.1) is 11.6 Å². The quantitative estimate of drug-likeness (QED) is 0.401. The number of ether oxygens (including phenoxy) is 3. The molecule has 1 N–H and O–H groups in total. The molecular weight excluding hydrogens is 524 g/mol. The fraction of sp³-hybridized carbons (Fsp3) is 0.240. The highest BCUT2D eigenvalue weighted by Gasteiger charge is 2.24. The van der Waals surface area contributed by atoms with E-state index in [-0.39, 0.29) is 36.4 Å². The van der Waals surface area contributed by atoms with E-state index >= 15 is 0 Å². The number of hydrogen-bond donors (Lipinski definition) is 1. The summed E-state index contributed by atoms with van der Waals surface area (Å²) >= 11 is 6.32. The summed E-state index contributed by atoms with van der Waals surface area (Å²) in [6.07, 6.45) is 3.48. The maximum Gasteiger partial charge on any atom is 0.280 e. The average molecular weight is 546 g/mol. The summed E-state index contributed by atoms with van der Waals surface area (Å²) in [6, 6.07) is 4.69. The molecule has 0 saturated carbocycles. The van der Waals surface area contributed by atoms with Gasteiger partial charge in [0.25, 0.3) is 5.56 Å². The number of hydrogen-bond acceptors (Lipinski definition) is 9. The van der Waals surface area contributed by atoms with E-state index < -0.39 is 45.8 Å². The molecule has 13 heteroatoms. The van der Waals surface area contributed by atoms with Gasteiger partial charge in [0.2, 0.25) is 5.88 Å². The number of fused-ring (bicyclic) bond motifs is 3. The Bertz CT molecular complexity index is 1680. The minimum absolute atomic E-state index is 0.0103. The zero-order valence-corrected chi connectivity index (χ0v) is 20.7. The minimum atomic E-state index is -2.93. The highest BCUT2D eigenvalue weighted by molar-refractivity contribution is 6.31. The molecule has 5 heterocycles. The van der Waals surface area contributed by atoms with Gasteiger partial charge in [0, 0.05) is 18.3 Å². The average Bonchev–Trinajstić information content (AvgIpc) is 2.87. The SMILES string of the molecule is [2H]C([2H])(Oc1cc2n(c(=O)c1Cl)-c1cc(-c3ccnc(C(C)(C)O)n3)ncc1OCCO2)c1ncc(F)cc1F. The van der Waals surface area contributed by atoms with Crippen LogP contribution in [0.2, 0.25) is 5.02 Å². The highest BCUT2D eigenvalue weighted by atomic mass is 35.5. The molecule has 0 saturated heterocycles. The largest absolute Gasteiger partial charge is 0.486 e. The first-order chi connectivity index (χ1) is 18.8. The molecule has 0 radical (unpaired) electrons. The molecule has 196 valence electrons. The van der Waals surface area contributed by atoms with Crippen LogP contribution in [0.15, 0.2) is 47.7 Å². The standard InChI is InChI=1S/C25H20ClF2N5O5/c1-25(2,35)24-29-4-3-15(32-24)16-8-18-20(11-31-16)36-5-6-37-21-9-19(22(26)23(34)33(18)21)38-12-17-14(28)7-13(27)10-30-17/h3-4,7-11,35H,5-6,12H2,1-2H3/i12D2. The molecular formula is C25H20ClF2N5O5. The normalized spacial score (nSPS) is 14.1. The molecule has 5 rings (SSSR count). The van der Waals surface area contributed by atoms with Crippen molar-refractivity contribution < 1.29 is 30.8 Å². The van der Waals surface area contributed by atoms with Crippen molar-refractivity contribution in [3.05, 3.63) is 81.4 Å². The number of halogens is 3. The Hall–Kier alpha value is -4.16. The van der Waals surface area contributed by atoms with Gasteiger partial charge in [-0.25, -0.2) is 23.3 Å². The topological polar surface area (TPSA) is 121 Å². The predicted octanol–water partition coefficient (Wildman–Crippen LogP) is 3.59. The van der Waals surface area contributed by atoms with Gasteiger partial charge in [-0.2, -0.15) is 0 Å². The summed E-state index contributed by atoms with van der Waals surface area (Å²) < 4.78 is 61.6. The lowest BCUT2D eigenvalue weighted by Gasteiger charge is -2.22. The van der Waals surface area contributed by atoms with Crippen LogP contribution in [0.1, 0.15) is 28.1 Å². The van der Waals surface area contributed by atoms with E-state index in [4.69, 9.17) is 28.6 Å². The van der Waals surface area contributed by atoms with E-state index in [0.717, 1.165) is 10.6 Å². The second kappa shape index (κ2) is 9.95. The van der Waals surface area contributed by atoms with Gasteiger partial charge < -0.3 is 19.3 Å². The molecule has 38 heavy (non-hydrogen) atoms. The number of nitrogens with zero attached hydrogens (tertiary/aromatic N) is 5. The Morgan fingerprint density at radius 1 is 1.16 bits per heavy atom. The Labute approximate surface area is 222 Å². The highest BCUT2D eigenvalue weighted by Crippen LogP contribution is 2.34. The molecule has 0 unspecified atom stereocenters. The predicted molar refractivity (Wildman–Crippen MR) is 131 cm³/mol. The van der Waals surface area contributed by atoms with Crippen LogP contribution < -0.4 is 19.8 Å². The van der Waals surface area contributed by atoms with Crippen LogP contribution in [0.5, 0.6) is 17.4 Å². The van der Waals surface area contributed by atoms with E-state index in [0.29, 0.717) is 23.7 Å². The summed E-state index contributed by atoms with van der Waals surface area (Å²) in [5.41, 5.74) is -2.21. The van der Waals surface area contributed by atoms with Crippen LogP contribution >= 0.6 is 11.6 Å². The van der Waals surface area contributed by atoms with Gasteiger partial charge in [0.15, 0.2) is 17.4 Å². The Balaban J connectivity index is 1.61. The number of aliphatic hydroxyl groups is 1. The van der Waals surface area contributed by atoms with E-state index in [1.807, 2.05) is 0 Å². The Morgan fingerprint density at radius 2 is 1.95 bits per heavy atom. The third kappa shape index (κ3) is 5.00. The first-order valence-electron chi connectivity index (χ1n) is 12.1. The zero-order chi connectivity index (χ0) is 28.8. The van der Waals surface area contributed by atoms with Gasteiger partial charge in [0.1, 0.15) is 47.7 Å². The lowest BCUT2D eigenvalue weighted by molar-refractivity contribution is 0.0688. The van der Waals surface area contributed by atoms with E-state index in [9.17, 15) is 18.7 Å². The third-order valence-electron chi connectivity index (χ3n) is 5.29. The maximum absolute atomic E-state index is 14.2. The fourth-order valence-corrected chi connectivity index (χ4v) is 3.68. The van der Waals surface area contributed by atoms with Gasteiger partial charge in [-0.05, 0) is 26.0 Å². The van der Waals surface area contributed by atoms with Crippen molar-refractivity contribution in [1.82, 2.24) is 24.5 Å². The van der Waals surface area contributed by atoms with E-state index in [1.54, 1.807) is 6.07 Å². The molecule has 10 nitrogen and oxygen atoms in total. The molecule has 1 aliphatic rings. The van der Waals surface area contributed by atoms with Crippen molar-refractivity contribution in [2.75, 3.05) is 13.2 Å². The molecule has 1 aliphatic heterocycles. The summed E-state index contributed by atoms with van der Waals surface area (Å²) in [4.78, 5) is 29.8. The van der Waals surface area contributed by atoms with Crippen LogP contribution in [0.25, 0.3) is 17.1 Å². The van der Waals surface area contributed by atoms with Crippen molar-refractivity contribution in [2.24, 2.45) is 0 Å². The molecule has 0 atom stereocenters. The molecule has 0 fully saturated rings. The molecule has 0 aliphatic carbocycles. The smallest absolute Gasteiger partial charge is 0.280 e. The lowest BCUT2D eigenvalue weighted by atomic mass is 10.1. The molecule has 4 aromatic rings. The van der Waals surface area contributed by atoms with Crippen molar-refractivity contribution in [3.8, 4) is 34.5 Å². The maximum atomic E-state index is 14.2. The Morgan fingerprint density at radius 3 is 2.71 bits per heavy atom. The van der Waals surface area contributed by atoms with Crippen molar-refractivity contribution >= 4 is 11.6 Å². The summed E-state index contributed by atoms with van der Waals surface area (Å²) in [6.45, 7) is 0.196. The van der Waals surface area contributed by atoms with Crippen LogP contribution in [0.4, 0.5) is 8.78 Å². The summed E-state index contributed by atoms with van der Waals surface area (Å²) in [5.74, 6) is -2.47. The second-order valence-corrected chi connectivity index (χ2v) is 8.93. The van der Waals surface area contributed by atoms with Gasteiger partial charge in [-0.15, -0.1) is 0 Å². The monoisotopic (exact) mass is 545 g/mol. The van der Waals surface area contributed by atoms with Gasteiger partial charge in [0.05, 0.1) is 32.2 Å². The van der Waals surface area contributed by atoms with Crippen LogP contribution in [-0.2, 0) is 12.2 Å².